The van der Waals surface area contributed by atoms with Crippen molar-refractivity contribution >= 4 is 11.8 Å². The maximum Gasteiger partial charge on any atom is 0.0144 e. The van der Waals surface area contributed by atoms with Gasteiger partial charge >= 0.3 is 0 Å². The number of rotatable bonds is 3. The van der Waals surface area contributed by atoms with E-state index in [9.17, 15) is 0 Å². The molecule has 2 fully saturated rings. The molecule has 0 aromatic heterocycles. The second kappa shape index (κ2) is 4.42. The van der Waals surface area contributed by atoms with Crippen molar-refractivity contribution in [3.63, 3.8) is 0 Å². The zero-order valence-corrected chi connectivity index (χ0v) is 10.1. The number of nitrogens with zero attached hydrogens (tertiary/aromatic N) is 1. The zero-order chi connectivity index (χ0) is 10.1. The number of fused-ring (bicyclic) bond motifs is 2. The largest absolute Gasteiger partial charge is 0.328 e. The molecule has 3 atom stereocenters. The first-order valence-corrected chi connectivity index (χ1v) is 7.03. The van der Waals surface area contributed by atoms with Gasteiger partial charge in [-0.05, 0) is 31.9 Å². The van der Waals surface area contributed by atoms with Crippen LogP contribution in [0.5, 0.6) is 0 Å². The highest BCUT2D eigenvalue weighted by Crippen LogP contribution is 2.35. The molecule has 2 nitrogen and oxygen atoms in total. The van der Waals surface area contributed by atoms with Gasteiger partial charge < -0.3 is 5.73 Å². The first kappa shape index (κ1) is 10.8. The summed E-state index contributed by atoms with van der Waals surface area (Å²) in [7, 11) is 0. The van der Waals surface area contributed by atoms with Crippen LogP contribution in [0.3, 0.4) is 0 Å². The Morgan fingerprint density at radius 3 is 2.43 bits per heavy atom. The van der Waals surface area contributed by atoms with E-state index < -0.39 is 0 Å². The van der Waals surface area contributed by atoms with Crippen molar-refractivity contribution in [1.29, 1.82) is 0 Å². The third-order valence-electron chi connectivity index (χ3n) is 3.79. The Bertz CT molecular complexity index is 184. The average Bonchev–Trinajstić information content (AvgIpc) is 2.41. The molecule has 0 aliphatic carbocycles. The molecule has 0 amide bonds. The maximum atomic E-state index is 6.05. The van der Waals surface area contributed by atoms with Gasteiger partial charge in [0.05, 0.1) is 0 Å². The van der Waals surface area contributed by atoms with Gasteiger partial charge in [0.15, 0.2) is 0 Å². The van der Waals surface area contributed by atoms with Crippen LogP contribution >= 0.6 is 11.8 Å². The Hall–Kier alpha value is 0.270. The molecule has 0 radical (unpaired) electrons. The highest BCUT2D eigenvalue weighted by Gasteiger charge is 2.39. The fraction of sp³-hybridized carbons (Fsp3) is 1.00. The first-order valence-electron chi connectivity index (χ1n) is 5.74. The van der Waals surface area contributed by atoms with Crippen molar-refractivity contribution in [1.82, 2.24) is 4.90 Å². The Morgan fingerprint density at radius 1 is 1.36 bits per heavy atom. The normalized spacial score (nSPS) is 40.1. The van der Waals surface area contributed by atoms with Gasteiger partial charge in [0, 0.05) is 29.9 Å². The molecular weight excluding hydrogens is 192 g/mol. The summed E-state index contributed by atoms with van der Waals surface area (Å²) >= 11 is 1.98. The monoisotopic (exact) mass is 214 g/mol. The van der Waals surface area contributed by atoms with Gasteiger partial charge in [-0.1, -0.05) is 6.92 Å². The molecule has 2 saturated heterocycles. The molecule has 82 valence electrons. The summed E-state index contributed by atoms with van der Waals surface area (Å²) < 4.78 is 0. The molecule has 3 unspecified atom stereocenters. The molecule has 0 spiro atoms. The lowest BCUT2D eigenvalue weighted by Gasteiger charge is -2.38. The van der Waals surface area contributed by atoms with Crippen LogP contribution < -0.4 is 5.73 Å². The van der Waals surface area contributed by atoms with Gasteiger partial charge in [-0.2, -0.15) is 11.8 Å². The van der Waals surface area contributed by atoms with E-state index >= 15 is 0 Å². The lowest BCUT2D eigenvalue weighted by Crippen LogP contribution is -2.49. The van der Waals surface area contributed by atoms with Crippen LogP contribution in [-0.2, 0) is 0 Å². The summed E-state index contributed by atoms with van der Waals surface area (Å²) in [5, 5.41) is 0.771. The Labute approximate surface area is 91.6 Å². The standard InChI is InChI=1S/C11H22N2S/c1-8(14-2)7-13-10-3-4-11(13)6-9(12)5-10/h8-11H,3-7,12H2,1-2H3. The molecule has 2 heterocycles. The summed E-state index contributed by atoms with van der Waals surface area (Å²) in [5.41, 5.74) is 6.05. The van der Waals surface area contributed by atoms with Crippen molar-refractivity contribution in [3.05, 3.63) is 0 Å². The fourth-order valence-corrected chi connectivity index (χ4v) is 3.31. The van der Waals surface area contributed by atoms with Crippen molar-refractivity contribution in [2.24, 2.45) is 5.73 Å². The molecule has 3 heteroatoms. The molecule has 2 rings (SSSR count). The van der Waals surface area contributed by atoms with E-state index in [1.807, 2.05) is 11.8 Å². The van der Waals surface area contributed by atoms with Gasteiger partial charge in [-0.15, -0.1) is 0 Å². The topological polar surface area (TPSA) is 29.3 Å². The summed E-state index contributed by atoms with van der Waals surface area (Å²) in [6.07, 6.45) is 7.45. The molecule has 2 N–H and O–H groups in total. The van der Waals surface area contributed by atoms with Crippen LogP contribution in [-0.4, -0.2) is 41.1 Å². The third-order valence-corrected chi connectivity index (χ3v) is 4.74. The minimum atomic E-state index is 0.480. The van der Waals surface area contributed by atoms with Crippen LogP contribution in [0.2, 0.25) is 0 Å². The van der Waals surface area contributed by atoms with Gasteiger partial charge in [0.25, 0.3) is 0 Å². The molecule has 0 saturated carbocycles. The number of thioether (sulfide) groups is 1. The lowest BCUT2D eigenvalue weighted by molar-refractivity contribution is 0.130. The number of nitrogens with two attached hydrogens (primary N) is 1. The zero-order valence-electron chi connectivity index (χ0n) is 9.28. The van der Waals surface area contributed by atoms with Crippen molar-refractivity contribution in [2.45, 2.75) is 56.0 Å². The summed E-state index contributed by atoms with van der Waals surface area (Å²) in [6, 6.07) is 2.09. The van der Waals surface area contributed by atoms with E-state index in [1.54, 1.807) is 0 Å². The second-order valence-corrected chi connectivity index (χ2v) is 6.14. The average molecular weight is 214 g/mol. The Morgan fingerprint density at radius 2 is 1.93 bits per heavy atom. The Balaban J connectivity index is 1.94. The van der Waals surface area contributed by atoms with Crippen LogP contribution in [0.1, 0.15) is 32.6 Å². The van der Waals surface area contributed by atoms with Crippen molar-refractivity contribution in [3.8, 4) is 0 Å². The van der Waals surface area contributed by atoms with Crippen LogP contribution in [0, 0.1) is 0 Å². The van der Waals surface area contributed by atoms with E-state index in [2.05, 4.69) is 18.1 Å². The van der Waals surface area contributed by atoms with Gasteiger partial charge in [-0.25, -0.2) is 0 Å². The number of hydrogen-bond donors (Lipinski definition) is 1. The van der Waals surface area contributed by atoms with Gasteiger partial charge in [-0.3, -0.25) is 4.90 Å². The smallest absolute Gasteiger partial charge is 0.0144 e. The highest BCUT2D eigenvalue weighted by atomic mass is 32.2. The van der Waals surface area contributed by atoms with Crippen LogP contribution in [0.25, 0.3) is 0 Å². The van der Waals surface area contributed by atoms with E-state index in [-0.39, 0.29) is 0 Å². The van der Waals surface area contributed by atoms with E-state index in [0.29, 0.717) is 6.04 Å². The third kappa shape index (κ3) is 2.10. The fourth-order valence-electron chi connectivity index (χ4n) is 2.99. The van der Waals surface area contributed by atoms with E-state index in [4.69, 9.17) is 5.73 Å². The van der Waals surface area contributed by atoms with Crippen molar-refractivity contribution < 1.29 is 0 Å². The first-order chi connectivity index (χ1) is 6.70. The lowest BCUT2D eigenvalue weighted by atomic mass is 9.98. The highest BCUT2D eigenvalue weighted by molar-refractivity contribution is 7.99. The molecule has 0 aromatic rings. The minimum Gasteiger partial charge on any atom is -0.328 e. The molecular formula is C11H22N2S. The molecule has 14 heavy (non-hydrogen) atoms. The summed E-state index contributed by atoms with van der Waals surface area (Å²) in [5.74, 6) is 0. The molecule has 0 aromatic carbocycles. The summed E-state index contributed by atoms with van der Waals surface area (Å²) in [4.78, 5) is 2.73. The van der Waals surface area contributed by atoms with E-state index in [0.717, 1.165) is 17.3 Å². The van der Waals surface area contributed by atoms with Crippen LogP contribution in [0.4, 0.5) is 0 Å². The second-order valence-electron chi connectivity index (χ2n) is 4.86. The maximum absolute atomic E-state index is 6.05. The molecule has 2 aliphatic rings. The Kier molecular flexibility index (Phi) is 3.40. The number of piperidine rings is 1. The minimum absolute atomic E-state index is 0.480. The summed E-state index contributed by atoms with van der Waals surface area (Å²) in [6.45, 7) is 3.60. The predicted molar refractivity (Wildman–Crippen MR) is 63.7 cm³/mol. The predicted octanol–water partition coefficient (Wildman–Crippen LogP) is 1.69. The quantitative estimate of drug-likeness (QED) is 0.775. The van der Waals surface area contributed by atoms with Gasteiger partial charge in [0.2, 0.25) is 0 Å². The SMILES string of the molecule is CSC(C)CN1C2CCC1CC(N)C2. The number of hydrogen-bond acceptors (Lipinski definition) is 3. The van der Waals surface area contributed by atoms with Gasteiger partial charge in [0.1, 0.15) is 0 Å². The molecule has 2 bridgehead atoms. The van der Waals surface area contributed by atoms with Crippen molar-refractivity contribution in [2.75, 3.05) is 12.8 Å². The molecule has 2 aliphatic heterocycles. The van der Waals surface area contributed by atoms with E-state index in [1.165, 1.54) is 32.2 Å². The van der Waals surface area contributed by atoms with Crippen LogP contribution in [0.15, 0.2) is 0 Å².